The second kappa shape index (κ2) is 9.01. The van der Waals surface area contributed by atoms with Gasteiger partial charge < -0.3 is 19.4 Å². The third-order valence-electron chi connectivity index (χ3n) is 5.97. The molecule has 1 unspecified atom stereocenters. The number of carbonyl (C=O) groups excluding carboxylic acids is 3. The first-order valence-electron chi connectivity index (χ1n) is 10.7. The van der Waals surface area contributed by atoms with E-state index in [4.69, 9.17) is 9.47 Å². The van der Waals surface area contributed by atoms with Crippen LogP contribution in [0, 0.1) is 6.92 Å². The summed E-state index contributed by atoms with van der Waals surface area (Å²) in [5.74, 6) is -0.921. The number of carbonyl (C=O) groups is 3. The standard InChI is InChI=1S/C25H26N4O5/c1-16-8-7-10-18(12-16)29-22(30)21-20(23(31)34-4)27-15-28(21)14-25(29,2)24(32)26-13-17-9-5-6-11-19(17)33-3/h5-12,15H,13-14H2,1-4H3,(H,26,32). The molecule has 2 heterocycles. The first-order valence-corrected chi connectivity index (χ1v) is 10.7. The van der Waals surface area contributed by atoms with Crippen LogP contribution in [-0.2, 0) is 22.6 Å². The third-order valence-corrected chi connectivity index (χ3v) is 5.97. The molecule has 9 nitrogen and oxygen atoms in total. The van der Waals surface area contributed by atoms with Gasteiger partial charge >= 0.3 is 5.97 Å². The third kappa shape index (κ3) is 3.89. The second-order valence-electron chi connectivity index (χ2n) is 8.31. The van der Waals surface area contributed by atoms with Crippen molar-refractivity contribution < 1.29 is 23.9 Å². The van der Waals surface area contributed by atoms with Crippen molar-refractivity contribution in [2.75, 3.05) is 19.1 Å². The smallest absolute Gasteiger partial charge is 0.359 e. The fourth-order valence-corrected chi connectivity index (χ4v) is 4.26. The maximum absolute atomic E-state index is 13.8. The van der Waals surface area contributed by atoms with Crippen molar-refractivity contribution in [3.63, 3.8) is 0 Å². The fourth-order valence-electron chi connectivity index (χ4n) is 4.26. The minimum Gasteiger partial charge on any atom is -0.496 e. The van der Waals surface area contributed by atoms with E-state index in [1.54, 1.807) is 20.1 Å². The summed E-state index contributed by atoms with van der Waals surface area (Å²) >= 11 is 0. The number of ether oxygens (including phenoxy) is 2. The van der Waals surface area contributed by atoms with E-state index < -0.39 is 17.4 Å². The molecule has 0 fully saturated rings. The van der Waals surface area contributed by atoms with E-state index in [2.05, 4.69) is 10.3 Å². The van der Waals surface area contributed by atoms with Crippen LogP contribution in [0.1, 0.15) is 39.0 Å². The number of methoxy groups -OCH3 is 2. The van der Waals surface area contributed by atoms with Gasteiger partial charge in [0.2, 0.25) is 5.91 Å². The number of benzene rings is 2. The monoisotopic (exact) mass is 462 g/mol. The quantitative estimate of drug-likeness (QED) is 0.565. The Morgan fingerprint density at radius 2 is 1.91 bits per heavy atom. The lowest BCUT2D eigenvalue weighted by Gasteiger charge is -2.43. The minimum atomic E-state index is -1.30. The molecular formula is C25H26N4O5. The number of amides is 2. The summed E-state index contributed by atoms with van der Waals surface area (Å²) in [6.45, 7) is 3.93. The topological polar surface area (TPSA) is 103 Å². The van der Waals surface area contributed by atoms with Gasteiger partial charge in [-0.15, -0.1) is 0 Å². The summed E-state index contributed by atoms with van der Waals surface area (Å²) < 4.78 is 11.7. The average molecular weight is 463 g/mol. The van der Waals surface area contributed by atoms with Crippen LogP contribution < -0.4 is 15.0 Å². The van der Waals surface area contributed by atoms with E-state index >= 15 is 0 Å². The highest BCUT2D eigenvalue weighted by Crippen LogP contribution is 2.34. The number of imidazole rings is 1. The van der Waals surface area contributed by atoms with Gasteiger partial charge in [0.25, 0.3) is 5.91 Å². The molecule has 0 spiro atoms. The maximum atomic E-state index is 13.8. The van der Waals surface area contributed by atoms with Gasteiger partial charge in [-0.3, -0.25) is 14.5 Å². The van der Waals surface area contributed by atoms with E-state index in [1.807, 2.05) is 49.4 Å². The molecule has 2 aromatic carbocycles. The predicted molar refractivity (Wildman–Crippen MR) is 125 cm³/mol. The lowest BCUT2D eigenvalue weighted by molar-refractivity contribution is -0.126. The molecule has 4 rings (SSSR count). The molecule has 1 N–H and O–H groups in total. The molecule has 1 atom stereocenters. The van der Waals surface area contributed by atoms with Crippen molar-refractivity contribution in [2.45, 2.75) is 32.5 Å². The summed E-state index contributed by atoms with van der Waals surface area (Å²) in [6.07, 6.45) is 1.39. The molecule has 0 saturated carbocycles. The molecule has 176 valence electrons. The zero-order valence-corrected chi connectivity index (χ0v) is 19.5. The van der Waals surface area contributed by atoms with Gasteiger partial charge in [-0.25, -0.2) is 9.78 Å². The number of para-hydroxylation sites is 1. The van der Waals surface area contributed by atoms with Gasteiger partial charge in [0.1, 0.15) is 17.0 Å². The highest BCUT2D eigenvalue weighted by Gasteiger charge is 2.49. The number of anilines is 1. The van der Waals surface area contributed by atoms with Crippen LogP contribution in [0.5, 0.6) is 5.75 Å². The first-order chi connectivity index (χ1) is 16.3. The fraction of sp³-hybridized carbons (Fsp3) is 0.280. The molecule has 0 saturated heterocycles. The Kier molecular flexibility index (Phi) is 6.10. The normalized spacial score (nSPS) is 17.2. The van der Waals surface area contributed by atoms with Crippen molar-refractivity contribution in [1.29, 1.82) is 0 Å². The van der Waals surface area contributed by atoms with E-state index in [-0.39, 0.29) is 30.4 Å². The summed E-state index contributed by atoms with van der Waals surface area (Å²) in [7, 11) is 2.80. The summed E-state index contributed by atoms with van der Waals surface area (Å²) in [6, 6.07) is 14.7. The Morgan fingerprint density at radius 3 is 2.62 bits per heavy atom. The first kappa shape index (κ1) is 23.0. The van der Waals surface area contributed by atoms with Gasteiger partial charge in [0.05, 0.1) is 27.1 Å². The number of fused-ring (bicyclic) bond motifs is 1. The van der Waals surface area contributed by atoms with Crippen LogP contribution in [0.3, 0.4) is 0 Å². The van der Waals surface area contributed by atoms with Crippen molar-refractivity contribution in [3.05, 3.63) is 77.4 Å². The second-order valence-corrected chi connectivity index (χ2v) is 8.31. The highest BCUT2D eigenvalue weighted by molar-refractivity contribution is 6.15. The molecule has 3 aromatic rings. The predicted octanol–water partition coefficient (Wildman–Crippen LogP) is 2.72. The van der Waals surface area contributed by atoms with Crippen molar-refractivity contribution in [1.82, 2.24) is 14.9 Å². The van der Waals surface area contributed by atoms with Gasteiger partial charge in [0.15, 0.2) is 5.69 Å². The number of aryl methyl sites for hydroxylation is 1. The van der Waals surface area contributed by atoms with Crippen LogP contribution in [0.15, 0.2) is 54.9 Å². The number of esters is 1. The Hall–Kier alpha value is -4.14. The number of aromatic nitrogens is 2. The molecule has 9 heteroatoms. The van der Waals surface area contributed by atoms with E-state index in [0.717, 1.165) is 11.1 Å². The number of rotatable bonds is 6. The molecule has 0 bridgehead atoms. The Morgan fingerprint density at radius 1 is 1.15 bits per heavy atom. The number of nitrogens with zero attached hydrogens (tertiary/aromatic N) is 3. The van der Waals surface area contributed by atoms with Gasteiger partial charge in [0, 0.05) is 17.8 Å². The number of nitrogens with one attached hydrogen (secondary N) is 1. The molecular weight excluding hydrogens is 436 g/mol. The van der Waals surface area contributed by atoms with Crippen LogP contribution >= 0.6 is 0 Å². The largest absolute Gasteiger partial charge is 0.496 e. The van der Waals surface area contributed by atoms with Gasteiger partial charge in [-0.1, -0.05) is 30.3 Å². The van der Waals surface area contributed by atoms with Crippen molar-refractivity contribution in [3.8, 4) is 5.75 Å². The minimum absolute atomic E-state index is 0.0818. The SMILES string of the molecule is COC(=O)c1ncn2c1C(=O)N(c1cccc(C)c1)C(C)(C(=O)NCc1ccccc1OC)C2. The van der Waals surface area contributed by atoms with E-state index in [9.17, 15) is 14.4 Å². The lowest BCUT2D eigenvalue weighted by Crippen LogP contribution is -2.64. The highest BCUT2D eigenvalue weighted by atomic mass is 16.5. The van der Waals surface area contributed by atoms with Crippen LogP contribution in [0.2, 0.25) is 0 Å². The molecule has 34 heavy (non-hydrogen) atoms. The average Bonchev–Trinajstić information content (AvgIpc) is 3.26. The molecule has 1 aromatic heterocycles. The molecule has 1 aliphatic rings. The van der Waals surface area contributed by atoms with E-state index in [0.29, 0.717) is 11.4 Å². The van der Waals surface area contributed by atoms with Crippen molar-refractivity contribution in [2.24, 2.45) is 0 Å². The summed E-state index contributed by atoms with van der Waals surface area (Å²) in [4.78, 5) is 45.2. The Bertz CT molecular complexity index is 1270. The number of hydrogen-bond donors (Lipinski definition) is 1. The summed E-state index contributed by atoms with van der Waals surface area (Å²) in [5, 5.41) is 2.95. The van der Waals surface area contributed by atoms with E-state index in [1.165, 1.54) is 22.9 Å². The zero-order valence-electron chi connectivity index (χ0n) is 19.5. The number of hydrogen-bond acceptors (Lipinski definition) is 6. The molecule has 1 aliphatic heterocycles. The van der Waals surface area contributed by atoms with Crippen molar-refractivity contribution >= 4 is 23.5 Å². The van der Waals surface area contributed by atoms with Crippen LogP contribution in [0.4, 0.5) is 5.69 Å². The molecule has 2 amide bonds. The van der Waals surface area contributed by atoms with Gasteiger partial charge in [-0.05, 0) is 37.6 Å². The molecule has 0 aliphatic carbocycles. The van der Waals surface area contributed by atoms with Gasteiger partial charge in [-0.2, -0.15) is 0 Å². The van der Waals surface area contributed by atoms with Crippen LogP contribution in [0.25, 0.3) is 0 Å². The Balaban J connectivity index is 1.75. The Labute approximate surface area is 197 Å². The lowest BCUT2D eigenvalue weighted by atomic mass is 9.93. The molecule has 0 radical (unpaired) electrons. The maximum Gasteiger partial charge on any atom is 0.359 e. The zero-order chi connectivity index (χ0) is 24.5. The van der Waals surface area contributed by atoms with Crippen LogP contribution in [-0.4, -0.2) is 47.1 Å². The summed E-state index contributed by atoms with van der Waals surface area (Å²) in [5.41, 5.74) is 0.985.